The molecule has 4 nitrogen and oxygen atoms in total. The summed E-state index contributed by atoms with van der Waals surface area (Å²) in [5.74, 6) is -0.389. The van der Waals surface area contributed by atoms with Crippen LogP contribution in [0.4, 0.5) is 13.2 Å². The maximum Gasteiger partial charge on any atom is 0.416 e. The molecule has 0 fully saturated rings. The molecule has 1 rings (SSSR count). The molecule has 0 aliphatic carbocycles. The van der Waals surface area contributed by atoms with Crippen LogP contribution >= 0.6 is 0 Å². The fourth-order valence-electron chi connectivity index (χ4n) is 2.21. The molecule has 1 atom stereocenters. The van der Waals surface area contributed by atoms with Gasteiger partial charge in [0.15, 0.2) is 0 Å². The summed E-state index contributed by atoms with van der Waals surface area (Å²) in [6.45, 7) is 8.47. The van der Waals surface area contributed by atoms with Gasteiger partial charge >= 0.3 is 6.18 Å². The van der Waals surface area contributed by atoms with Crippen LogP contribution in [0.15, 0.2) is 16.9 Å². The maximum atomic E-state index is 12.7. The molecule has 1 amide bonds. The first-order valence-corrected chi connectivity index (χ1v) is 6.99. The van der Waals surface area contributed by atoms with E-state index in [9.17, 15) is 22.8 Å². The third kappa shape index (κ3) is 4.35. The van der Waals surface area contributed by atoms with Crippen LogP contribution in [0, 0.1) is 6.92 Å². The summed E-state index contributed by atoms with van der Waals surface area (Å²) in [7, 11) is 0. The Morgan fingerprint density at radius 2 is 1.82 bits per heavy atom. The lowest BCUT2D eigenvalue weighted by atomic mass is 10.1. The lowest BCUT2D eigenvalue weighted by Crippen LogP contribution is -2.46. The highest BCUT2D eigenvalue weighted by molar-refractivity contribution is 5.81. The summed E-state index contributed by atoms with van der Waals surface area (Å²) in [6.07, 6.45) is -4.29. The highest BCUT2D eigenvalue weighted by Crippen LogP contribution is 2.29. The molecule has 22 heavy (non-hydrogen) atoms. The molecule has 124 valence electrons. The monoisotopic (exact) mass is 318 g/mol. The van der Waals surface area contributed by atoms with Gasteiger partial charge in [0.2, 0.25) is 5.91 Å². The molecule has 1 unspecified atom stereocenters. The molecule has 0 aliphatic heterocycles. The second-order valence-electron chi connectivity index (χ2n) is 6.25. The topological polar surface area (TPSA) is 51.1 Å². The average Bonchev–Trinajstić information content (AvgIpc) is 2.29. The van der Waals surface area contributed by atoms with E-state index in [1.807, 2.05) is 0 Å². The zero-order valence-corrected chi connectivity index (χ0v) is 13.3. The maximum absolute atomic E-state index is 12.7. The van der Waals surface area contributed by atoms with Crippen LogP contribution < -0.4 is 10.9 Å². The van der Waals surface area contributed by atoms with Crippen molar-refractivity contribution in [3.8, 4) is 0 Å². The molecule has 1 aromatic rings. The molecular formula is C15H21F3N2O2. The first kappa shape index (κ1) is 18.3. The SMILES string of the molecule is CCC(C(=O)NC(C)(C)C)n1c(C)cc(C(F)(F)F)cc1=O. The van der Waals surface area contributed by atoms with Gasteiger partial charge in [-0.3, -0.25) is 9.59 Å². The molecule has 1 heterocycles. The number of hydrogen-bond donors (Lipinski definition) is 1. The second kappa shape index (κ2) is 6.14. The highest BCUT2D eigenvalue weighted by Gasteiger charge is 2.33. The molecule has 0 radical (unpaired) electrons. The molecule has 0 spiro atoms. The summed E-state index contributed by atoms with van der Waals surface area (Å²) in [6, 6.07) is 0.572. The van der Waals surface area contributed by atoms with Gasteiger partial charge in [0.05, 0.1) is 5.56 Å². The van der Waals surface area contributed by atoms with Crippen molar-refractivity contribution in [2.24, 2.45) is 0 Å². The van der Waals surface area contributed by atoms with Crippen molar-refractivity contribution in [2.75, 3.05) is 0 Å². The third-order valence-corrected chi connectivity index (χ3v) is 3.09. The summed E-state index contributed by atoms with van der Waals surface area (Å²) in [4.78, 5) is 24.3. The number of rotatable bonds is 3. The number of nitrogens with zero attached hydrogens (tertiary/aromatic N) is 1. The van der Waals surface area contributed by atoms with E-state index in [0.29, 0.717) is 12.5 Å². The van der Waals surface area contributed by atoms with Crippen molar-refractivity contribution in [1.82, 2.24) is 9.88 Å². The van der Waals surface area contributed by atoms with E-state index in [-0.39, 0.29) is 11.6 Å². The van der Waals surface area contributed by atoms with E-state index in [2.05, 4.69) is 5.32 Å². The molecule has 1 aromatic heterocycles. The van der Waals surface area contributed by atoms with E-state index < -0.39 is 28.9 Å². The Kier molecular flexibility index (Phi) is 5.10. The summed E-state index contributed by atoms with van der Waals surface area (Å²) < 4.78 is 39.3. The number of nitrogens with one attached hydrogen (secondary N) is 1. The van der Waals surface area contributed by atoms with Crippen molar-refractivity contribution in [2.45, 2.75) is 58.8 Å². The smallest absolute Gasteiger partial charge is 0.350 e. The molecule has 0 saturated carbocycles. The van der Waals surface area contributed by atoms with Gasteiger partial charge in [0.1, 0.15) is 6.04 Å². The summed E-state index contributed by atoms with van der Waals surface area (Å²) in [5.41, 5.74) is -2.22. The average molecular weight is 318 g/mol. The number of aromatic nitrogens is 1. The number of carbonyl (C=O) groups is 1. The van der Waals surface area contributed by atoms with Gasteiger partial charge in [-0.2, -0.15) is 13.2 Å². The highest BCUT2D eigenvalue weighted by atomic mass is 19.4. The molecule has 7 heteroatoms. The fourth-order valence-corrected chi connectivity index (χ4v) is 2.21. The Morgan fingerprint density at radius 3 is 2.18 bits per heavy atom. The zero-order chi connectivity index (χ0) is 17.3. The molecule has 1 N–H and O–H groups in total. The van der Waals surface area contributed by atoms with Crippen LogP contribution in [0.1, 0.15) is 51.4 Å². The number of hydrogen-bond acceptors (Lipinski definition) is 2. The molecule has 0 saturated heterocycles. The van der Waals surface area contributed by atoms with Crippen molar-refractivity contribution in [3.05, 3.63) is 33.7 Å². The number of carbonyl (C=O) groups excluding carboxylic acids is 1. The van der Waals surface area contributed by atoms with E-state index in [1.54, 1.807) is 27.7 Å². The molecular weight excluding hydrogens is 297 g/mol. The van der Waals surface area contributed by atoms with E-state index in [1.165, 1.54) is 6.92 Å². The number of amides is 1. The van der Waals surface area contributed by atoms with Gasteiger partial charge in [-0.05, 0) is 40.2 Å². The van der Waals surface area contributed by atoms with Crippen molar-refractivity contribution in [3.63, 3.8) is 0 Å². The van der Waals surface area contributed by atoms with Crippen LogP contribution in [0.2, 0.25) is 0 Å². The minimum absolute atomic E-state index is 0.107. The van der Waals surface area contributed by atoms with E-state index >= 15 is 0 Å². The first-order chi connectivity index (χ1) is 9.86. The lowest BCUT2D eigenvalue weighted by molar-refractivity contribution is -0.137. The van der Waals surface area contributed by atoms with Crippen LogP contribution in [-0.4, -0.2) is 16.0 Å². The Morgan fingerprint density at radius 1 is 1.27 bits per heavy atom. The Labute approximate surface area is 127 Å². The molecule has 0 aliphatic rings. The van der Waals surface area contributed by atoms with E-state index in [4.69, 9.17) is 0 Å². The van der Waals surface area contributed by atoms with Crippen molar-refractivity contribution >= 4 is 5.91 Å². The van der Waals surface area contributed by atoms with Gasteiger partial charge in [0, 0.05) is 17.3 Å². The van der Waals surface area contributed by atoms with Crippen LogP contribution in [-0.2, 0) is 11.0 Å². The van der Waals surface area contributed by atoms with Gasteiger partial charge in [0.25, 0.3) is 5.56 Å². The Balaban J connectivity index is 3.30. The quantitative estimate of drug-likeness (QED) is 0.931. The third-order valence-electron chi connectivity index (χ3n) is 3.09. The lowest BCUT2D eigenvalue weighted by Gasteiger charge is -2.26. The zero-order valence-electron chi connectivity index (χ0n) is 13.3. The number of aryl methyl sites for hydroxylation is 1. The van der Waals surface area contributed by atoms with Crippen molar-refractivity contribution < 1.29 is 18.0 Å². The van der Waals surface area contributed by atoms with Gasteiger partial charge in [-0.1, -0.05) is 6.92 Å². The standard InChI is InChI=1S/C15H21F3N2O2/c1-6-11(13(22)19-14(3,4)5)20-9(2)7-10(8-12(20)21)15(16,17)18/h7-8,11H,6H2,1-5H3,(H,19,22). The minimum atomic E-state index is -4.58. The number of alkyl halides is 3. The Hall–Kier alpha value is -1.79. The fraction of sp³-hybridized carbons (Fsp3) is 0.600. The van der Waals surface area contributed by atoms with E-state index in [0.717, 1.165) is 10.6 Å². The van der Waals surface area contributed by atoms with Gasteiger partial charge in [-0.15, -0.1) is 0 Å². The van der Waals surface area contributed by atoms with Crippen LogP contribution in [0.3, 0.4) is 0 Å². The minimum Gasteiger partial charge on any atom is -0.350 e. The van der Waals surface area contributed by atoms with Crippen LogP contribution in [0.5, 0.6) is 0 Å². The number of pyridine rings is 1. The molecule has 0 aromatic carbocycles. The summed E-state index contributed by atoms with van der Waals surface area (Å²) in [5, 5.41) is 2.75. The van der Waals surface area contributed by atoms with Crippen molar-refractivity contribution in [1.29, 1.82) is 0 Å². The van der Waals surface area contributed by atoms with Crippen LogP contribution in [0.25, 0.3) is 0 Å². The first-order valence-electron chi connectivity index (χ1n) is 6.99. The summed E-state index contributed by atoms with van der Waals surface area (Å²) >= 11 is 0. The Bertz CT molecular complexity index is 613. The van der Waals surface area contributed by atoms with Gasteiger partial charge in [-0.25, -0.2) is 0 Å². The number of halogens is 3. The predicted molar refractivity (Wildman–Crippen MR) is 77.7 cm³/mol. The largest absolute Gasteiger partial charge is 0.416 e. The molecule has 0 bridgehead atoms. The van der Waals surface area contributed by atoms with Gasteiger partial charge < -0.3 is 9.88 Å². The second-order valence-corrected chi connectivity index (χ2v) is 6.25. The predicted octanol–water partition coefficient (Wildman–Crippen LogP) is 3.04. The normalized spacial score (nSPS) is 13.8.